The van der Waals surface area contributed by atoms with E-state index in [1.807, 2.05) is 6.07 Å². The summed E-state index contributed by atoms with van der Waals surface area (Å²) in [4.78, 5) is 7.08. The molecule has 2 aromatic rings. The van der Waals surface area contributed by atoms with Gasteiger partial charge in [-0.25, -0.2) is 0 Å². The van der Waals surface area contributed by atoms with Crippen molar-refractivity contribution in [2.24, 2.45) is 11.1 Å². The van der Waals surface area contributed by atoms with Crippen molar-refractivity contribution >= 4 is 16.6 Å². The number of anilines is 1. The molecule has 0 amide bonds. The summed E-state index contributed by atoms with van der Waals surface area (Å²) in [5.74, 6) is 0. The van der Waals surface area contributed by atoms with E-state index in [-0.39, 0.29) is 5.41 Å². The van der Waals surface area contributed by atoms with Gasteiger partial charge in [-0.2, -0.15) is 0 Å². The fourth-order valence-corrected chi connectivity index (χ4v) is 2.94. The molecule has 3 rings (SSSR count). The van der Waals surface area contributed by atoms with Crippen molar-refractivity contribution in [1.29, 1.82) is 0 Å². The van der Waals surface area contributed by atoms with Crippen LogP contribution in [-0.2, 0) is 0 Å². The summed E-state index contributed by atoms with van der Waals surface area (Å²) in [6, 6.07) is 10.6. The van der Waals surface area contributed by atoms with Gasteiger partial charge in [0.05, 0.1) is 5.52 Å². The normalized spacial score (nSPS) is 23.2. The summed E-state index contributed by atoms with van der Waals surface area (Å²) >= 11 is 0. The molecule has 2 N–H and O–H groups in total. The Hall–Kier alpha value is -1.61. The second-order valence-electron chi connectivity index (χ2n) is 5.99. The molecular weight excluding hydrogens is 234 g/mol. The van der Waals surface area contributed by atoms with Crippen molar-refractivity contribution in [2.45, 2.75) is 20.3 Å². The van der Waals surface area contributed by atoms with Crippen LogP contribution in [0.25, 0.3) is 10.9 Å². The fraction of sp³-hybridized carbons (Fsp3) is 0.438. The van der Waals surface area contributed by atoms with Crippen LogP contribution >= 0.6 is 0 Å². The van der Waals surface area contributed by atoms with Crippen LogP contribution in [0.15, 0.2) is 30.3 Å². The van der Waals surface area contributed by atoms with Gasteiger partial charge in [-0.1, -0.05) is 25.1 Å². The molecule has 3 heteroatoms. The standard InChI is InChI=1S/C16H21N3/c1-12-9-15(13-5-3-4-6-14(13)18-12)19-8-7-16(2,10-17)11-19/h3-6,9H,7-8,10-11,17H2,1-2H3. The highest BCUT2D eigenvalue weighted by Crippen LogP contribution is 2.35. The van der Waals surface area contributed by atoms with E-state index in [1.165, 1.54) is 17.5 Å². The van der Waals surface area contributed by atoms with Gasteiger partial charge in [-0.15, -0.1) is 0 Å². The van der Waals surface area contributed by atoms with Crippen LogP contribution in [0.3, 0.4) is 0 Å². The first kappa shape index (κ1) is 12.4. The predicted octanol–water partition coefficient (Wildman–Crippen LogP) is 2.72. The highest BCUT2D eigenvalue weighted by molar-refractivity contribution is 5.92. The molecule has 1 atom stereocenters. The van der Waals surface area contributed by atoms with Gasteiger partial charge >= 0.3 is 0 Å². The van der Waals surface area contributed by atoms with Crippen molar-refractivity contribution < 1.29 is 0 Å². The summed E-state index contributed by atoms with van der Waals surface area (Å²) in [5.41, 5.74) is 9.63. The number of nitrogens with zero attached hydrogens (tertiary/aromatic N) is 2. The molecule has 0 bridgehead atoms. The number of para-hydroxylation sites is 1. The lowest BCUT2D eigenvalue weighted by atomic mass is 9.90. The SMILES string of the molecule is Cc1cc(N2CCC(C)(CN)C2)c2ccccc2n1. The second-order valence-corrected chi connectivity index (χ2v) is 5.99. The molecule has 1 unspecified atom stereocenters. The number of aryl methyl sites for hydroxylation is 1. The van der Waals surface area contributed by atoms with Crippen molar-refractivity contribution in [3.8, 4) is 0 Å². The molecule has 1 fully saturated rings. The Morgan fingerprint density at radius 1 is 1.37 bits per heavy atom. The lowest BCUT2D eigenvalue weighted by Crippen LogP contribution is -2.31. The summed E-state index contributed by atoms with van der Waals surface area (Å²) < 4.78 is 0. The van der Waals surface area contributed by atoms with E-state index in [9.17, 15) is 0 Å². The average Bonchev–Trinajstić information content (AvgIpc) is 2.81. The van der Waals surface area contributed by atoms with Crippen molar-refractivity contribution in [1.82, 2.24) is 4.98 Å². The Labute approximate surface area is 114 Å². The van der Waals surface area contributed by atoms with Crippen LogP contribution in [0.1, 0.15) is 19.0 Å². The Kier molecular flexibility index (Phi) is 2.94. The molecule has 1 saturated heterocycles. The Morgan fingerprint density at radius 3 is 2.89 bits per heavy atom. The van der Waals surface area contributed by atoms with Gasteiger partial charge < -0.3 is 10.6 Å². The highest BCUT2D eigenvalue weighted by atomic mass is 15.2. The number of hydrogen-bond donors (Lipinski definition) is 1. The van der Waals surface area contributed by atoms with E-state index in [4.69, 9.17) is 5.73 Å². The Bertz CT molecular complexity index is 608. The number of pyridine rings is 1. The molecule has 1 aliphatic rings. The third-order valence-electron chi connectivity index (χ3n) is 4.21. The molecule has 1 aliphatic heterocycles. The highest BCUT2D eigenvalue weighted by Gasteiger charge is 2.33. The minimum atomic E-state index is 0.248. The number of rotatable bonds is 2. The Morgan fingerprint density at radius 2 is 2.16 bits per heavy atom. The van der Waals surface area contributed by atoms with Gasteiger partial charge in [0, 0.05) is 29.9 Å². The number of fused-ring (bicyclic) bond motifs is 1. The van der Waals surface area contributed by atoms with Crippen molar-refractivity contribution in [2.75, 3.05) is 24.5 Å². The van der Waals surface area contributed by atoms with E-state index in [2.05, 4.69) is 48.0 Å². The zero-order chi connectivity index (χ0) is 13.5. The summed E-state index contributed by atoms with van der Waals surface area (Å²) in [6.45, 7) is 7.22. The Balaban J connectivity index is 2.06. The molecule has 0 aliphatic carbocycles. The lowest BCUT2D eigenvalue weighted by Gasteiger charge is -2.25. The van der Waals surface area contributed by atoms with E-state index >= 15 is 0 Å². The van der Waals surface area contributed by atoms with Gasteiger partial charge in [-0.3, -0.25) is 4.98 Å². The molecular formula is C16H21N3. The quantitative estimate of drug-likeness (QED) is 0.897. The minimum Gasteiger partial charge on any atom is -0.370 e. The van der Waals surface area contributed by atoms with Crippen LogP contribution in [0.4, 0.5) is 5.69 Å². The first-order valence-electron chi connectivity index (χ1n) is 6.93. The summed E-state index contributed by atoms with van der Waals surface area (Å²) in [5, 5.41) is 1.24. The maximum Gasteiger partial charge on any atom is 0.0726 e. The minimum absolute atomic E-state index is 0.248. The van der Waals surface area contributed by atoms with Gasteiger partial charge in [0.1, 0.15) is 0 Å². The molecule has 2 heterocycles. The van der Waals surface area contributed by atoms with Crippen molar-refractivity contribution in [3.05, 3.63) is 36.0 Å². The van der Waals surface area contributed by atoms with Gasteiger partial charge in [-0.05, 0) is 37.4 Å². The van der Waals surface area contributed by atoms with E-state index in [0.29, 0.717) is 0 Å². The molecule has 100 valence electrons. The summed E-state index contributed by atoms with van der Waals surface area (Å²) in [6.07, 6.45) is 1.17. The third-order valence-corrected chi connectivity index (χ3v) is 4.21. The molecule has 19 heavy (non-hydrogen) atoms. The zero-order valence-corrected chi connectivity index (χ0v) is 11.7. The topological polar surface area (TPSA) is 42.1 Å². The van der Waals surface area contributed by atoms with E-state index < -0.39 is 0 Å². The molecule has 1 aromatic carbocycles. The first-order chi connectivity index (χ1) is 9.11. The van der Waals surface area contributed by atoms with E-state index in [1.54, 1.807) is 0 Å². The largest absolute Gasteiger partial charge is 0.370 e. The fourth-order valence-electron chi connectivity index (χ4n) is 2.94. The zero-order valence-electron chi connectivity index (χ0n) is 11.7. The molecule has 0 radical (unpaired) electrons. The number of nitrogens with two attached hydrogens (primary N) is 1. The van der Waals surface area contributed by atoms with Crippen LogP contribution in [0.5, 0.6) is 0 Å². The molecule has 1 aromatic heterocycles. The monoisotopic (exact) mass is 255 g/mol. The lowest BCUT2D eigenvalue weighted by molar-refractivity contribution is 0.383. The van der Waals surface area contributed by atoms with Gasteiger partial charge in [0.25, 0.3) is 0 Å². The number of hydrogen-bond acceptors (Lipinski definition) is 3. The predicted molar refractivity (Wildman–Crippen MR) is 80.5 cm³/mol. The smallest absolute Gasteiger partial charge is 0.0726 e. The van der Waals surface area contributed by atoms with Gasteiger partial charge in [0.2, 0.25) is 0 Å². The third kappa shape index (κ3) is 2.19. The van der Waals surface area contributed by atoms with E-state index in [0.717, 1.165) is 30.8 Å². The second kappa shape index (κ2) is 4.49. The maximum atomic E-state index is 5.91. The average molecular weight is 255 g/mol. The molecule has 3 nitrogen and oxygen atoms in total. The molecule has 0 saturated carbocycles. The first-order valence-corrected chi connectivity index (χ1v) is 6.93. The molecule has 0 spiro atoms. The van der Waals surface area contributed by atoms with Crippen LogP contribution in [0, 0.1) is 12.3 Å². The van der Waals surface area contributed by atoms with Gasteiger partial charge in [0.15, 0.2) is 0 Å². The maximum absolute atomic E-state index is 5.91. The summed E-state index contributed by atoms with van der Waals surface area (Å²) in [7, 11) is 0. The number of aromatic nitrogens is 1. The van der Waals surface area contributed by atoms with Crippen LogP contribution in [0.2, 0.25) is 0 Å². The van der Waals surface area contributed by atoms with Crippen LogP contribution in [-0.4, -0.2) is 24.6 Å². The number of benzene rings is 1. The van der Waals surface area contributed by atoms with Crippen molar-refractivity contribution in [3.63, 3.8) is 0 Å². The van der Waals surface area contributed by atoms with Crippen LogP contribution < -0.4 is 10.6 Å².